The van der Waals surface area contributed by atoms with Crippen LogP contribution in [0.1, 0.15) is 12.5 Å². The van der Waals surface area contributed by atoms with E-state index in [1.165, 1.54) is 0 Å². The molecule has 0 fully saturated rings. The number of hydrogen-bond donors (Lipinski definition) is 2. The van der Waals surface area contributed by atoms with Crippen molar-refractivity contribution in [3.05, 3.63) is 29.8 Å². The van der Waals surface area contributed by atoms with Crippen molar-refractivity contribution in [2.75, 3.05) is 5.48 Å². The molecule has 0 aliphatic rings. The molecule has 0 saturated heterocycles. The Morgan fingerprint density at radius 1 is 1.36 bits per heavy atom. The Bertz CT molecular complexity index is 341. The van der Waals surface area contributed by atoms with E-state index in [4.69, 9.17) is 10.1 Å². The van der Waals surface area contributed by atoms with E-state index in [2.05, 4.69) is 16.5 Å². The molecule has 4 heteroatoms. The molecule has 4 nitrogen and oxygen atoms in total. The molecule has 0 amide bonds. The van der Waals surface area contributed by atoms with Crippen LogP contribution in [-0.2, 0) is 16.1 Å². The lowest BCUT2D eigenvalue weighted by molar-refractivity contribution is -0.172. The second-order valence-corrected chi connectivity index (χ2v) is 2.51. The lowest BCUT2D eigenvalue weighted by Crippen LogP contribution is -1.98. The molecule has 74 valence electrons. The van der Waals surface area contributed by atoms with Crippen LogP contribution < -0.4 is 5.48 Å². The van der Waals surface area contributed by atoms with Crippen molar-refractivity contribution in [2.45, 2.75) is 13.3 Å². The third-order valence-electron chi connectivity index (χ3n) is 1.70. The van der Waals surface area contributed by atoms with Crippen molar-refractivity contribution >= 4 is 5.69 Å². The molecule has 14 heavy (non-hydrogen) atoms. The zero-order valence-corrected chi connectivity index (χ0v) is 7.78. The minimum Gasteiger partial charge on any atom is -0.325 e. The summed E-state index contributed by atoms with van der Waals surface area (Å²) in [5.41, 5.74) is 4.61. The number of anilines is 1. The summed E-state index contributed by atoms with van der Waals surface area (Å²) in [5, 5.41) is 7.88. The average Bonchev–Trinajstić information content (AvgIpc) is 2.25. The Labute approximate surface area is 82.3 Å². The van der Waals surface area contributed by atoms with Crippen LogP contribution in [0.15, 0.2) is 24.3 Å². The zero-order valence-electron chi connectivity index (χ0n) is 7.78. The number of benzene rings is 1. The SMILES string of the molecule is CCc1ccccc1NOC#COO. The molecule has 0 atom stereocenters. The maximum Gasteiger partial charge on any atom is 0.203 e. The Hall–Kier alpha value is -1.86. The number of hydrogen-bond acceptors (Lipinski definition) is 4. The molecule has 0 unspecified atom stereocenters. The van der Waals surface area contributed by atoms with Crippen molar-refractivity contribution in [1.82, 2.24) is 0 Å². The molecule has 0 aromatic heterocycles. The molecule has 2 N–H and O–H groups in total. The van der Waals surface area contributed by atoms with Crippen LogP contribution in [0.2, 0.25) is 0 Å². The summed E-state index contributed by atoms with van der Waals surface area (Å²) in [6.45, 7) is 2.04. The van der Waals surface area contributed by atoms with E-state index in [-0.39, 0.29) is 0 Å². The van der Waals surface area contributed by atoms with Gasteiger partial charge in [-0.3, -0.25) is 4.89 Å². The molecular formula is C10H11NO3. The summed E-state index contributed by atoms with van der Waals surface area (Å²) in [4.78, 5) is 8.22. The molecule has 0 spiro atoms. The number of rotatable bonds is 3. The third kappa shape index (κ3) is 2.88. The van der Waals surface area contributed by atoms with Gasteiger partial charge in [0.15, 0.2) is 6.11 Å². The Morgan fingerprint density at radius 3 is 2.86 bits per heavy atom. The predicted molar refractivity (Wildman–Crippen MR) is 52.0 cm³/mol. The third-order valence-corrected chi connectivity index (χ3v) is 1.70. The van der Waals surface area contributed by atoms with Gasteiger partial charge < -0.3 is 4.84 Å². The summed E-state index contributed by atoms with van der Waals surface area (Å²) in [7, 11) is 0. The van der Waals surface area contributed by atoms with Crippen LogP contribution >= 0.6 is 0 Å². The highest BCUT2D eigenvalue weighted by Crippen LogP contribution is 2.14. The number of para-hydroxylation sites is 1. The first kappa shape index (κ1) is 10.2. The van der Waals surface area contributed by atoms with Gasteiger partial charge in [0.05, 0.1) is 5.69 Å². The van der Waals surface area contributed by atoms with Gasteiger partial charge in [0.2, 0.25) is 6.11 Å². The molecule has 0 saturated carbocycles. The maximum absolute atomic E-state index is 7.88. The van der Waals surface area contributed by atoms with E-state index in [0.29, 0.717) is 0 Å². The van der Waals surface area contributed by atoms with Gasteiger partial charge in [-0.1, -0.05) is 25.1 Å². The normalized spacial score (nSPS) is 8.43. The van der Waals surface area contributed by atoms with Gasteiger partial charge in [0, 0.05) is 0 Å². The van der Waals surface area contributed by atoms with Gasteiger partial charge in [0.25, 0.3) is 0 Å². The minimum absolute atomic E-state index is 0.849. The quantitative estimate of drug-likeness (QED) is 0.438. The predicted octanol–water partition coefficient (Wildman–Crippen LogP) is 2.00. The summed E-state index contributed by atoms with van der Waals surface area (Å²) >= 11 is 0. The summed E-state index contributed by atoms with van der Waals surface area (Å²) in [5.74, 6) is 0. The highest BCUT2D eigenvalue weighted by molar-refractivity contribution is 5.49. The van der Waals surface area contributed by atoms with Crippen LogP contribution in [-0.4, -0.2) is 5.26 Å². The van der Waals surface area contributed by atoms with Crippen molar-refractivity contribution < 1.29 is 15.0 Å². The van der Waals surface area contributed by atoms with Gasteiger partial charge >= 0.3 is 0 Å². The topological polar surface area (TPSA) is 50.7 Å². The average molecular weight is 193 g/mol. The summed E-state index contributed by atoms with van der Waals surface area (Å²) < 4.78 is 0. The Morgan fingerprint density at radius 2 is 2.14 bits per heavy atom. The monoisotopic (exact) mass is 193 g/mol. The lowest BCUT2D eigenvalue weighted by Gasteiger charge is -2.06. The fourth-order valence-electron chi connectivity index (χ4n) is 1.05. The second-order valence-electron chi connectivity index (χ2n) is 2.51. The zero-order chi connectivity index (χ0) is 10.2. The van der Waals surface area contributed by atoms with Crippen molar-refractivity contribution in [3.63, 3.8) is 0 Å². The molecule has 0 aliphatic heterocycles. The van der Waals surface area contributed by atoms with Crippen molar-refractivity contribution in [2.24, 2.45) is 0 Å². The molecule has 0 heterocycles. The van der Waals surface area contributed by atoms with Gasteiger partial charge in [-0.15, -0.1) is 0 Å². The molecule has 0 aliphatic carbocycles. The largest absolute Gasteiger partial charge is 0.325 e. The van der Waals surface area contributed by atoms with E-state index in [1.54, 1.807) is 0 Å². The fraction of sp³-hybridized carbons (Fsp3) is 0.200. The smallest absolute Gasteiger partial charge is 0.203 e. The van der Waals surface area contributed by atoms with E-state index < -0.39 is 0 Å². The van der Waals surface area contributed by atoms with Crippen LogP contribution in [0, 0.1) is 12.2 Å². The van der Waals surface area contributed by atoms with Gasteiger partial charge in [-0.2, -0.15) is 5.26 Å². The van der Waals surface area contributed by atoms with Gasteiger partial charge in [-0.05, 0) is 18.1 Å². The first-order valence-electron chi connectivity index (χ1n) is 4.18. The summed E-state index contributed by atoms with van der Waals surface area (Å²) in [6.07, 6.45) is 4.88. The van der Waals surface area contributed by atoms with Crippen molar-refractivity contribution in [1.29, 1.82) is 0 Å². The Kier molecular flexibility index (Phi) is 4.18. The highest BCUT2D eigenvalue weighted by atomic mass is 17.1. The molecule has 0 radical (unpaired) electrons. The highest BCUT2D eigenvalue weighted by Gasteiger charge is 1.97. The first-order chi connectivity index (χ1) is 6.88. The summed E-state index contributed by atoms with van der Waals surface area (Å²) in [6, 6.07) is 7.70. The van der Waals surface area contributed by atoms with Crippen LogP contribution in [0.25, 0.3) is 0 Å². The molecular weight excluding hydrogens is 182 g/mol. The standard InChI is InChI=1S/C10H11NO3/c1-2-9-5-3-4-6-10(9)11-13-7-8-14-12/h3-6,11-12H,2H2,1H3. The Balaban J connectivity index is 2.57. The van der Waals surface area contributed by atoms with E-state index in [9.17, 15) is 0 Å². The first-order valence-corrected chi connectivity index (χ1v) is 4.18. The molecule has 1 aromatic carbocycles. The maximum atomic E-state index is 7.88. The fourth-order valence-corrected chi connectivity index (χ4v) is 1.05. The van der Waals surface area contributed by atoms with E-state index >= 15 is 0 Å². The van der Waals surface area contributed by atoms with Gasteiger partial charge in [0.1, 0.15) is 0 Å². The van der Waals surface area contributed by atoms with E-state index in [0.717, 1.165) is 17.7 Å². The number of nitrogens with one attached hydrogen (secondary N) is 1. The van der Waals surface area contributed by atoms with Crippen molar-refractivity contribution in [3.8, 4) is 12.2 Å². The van der Waals surface area contributed by atoms with Crippen LogP contribution in [0.4, 0.5) is 5.69 Å². The van der Waals surface area contributed by atoms with Crippen LogP contribution in [0.3, 0.4) is 0 Å². The lowest BCUT2D eigenvalue weighted by atomic mass is 10.1. The number of aryl methyl sites for hydroxylation is 1. The molecule has 1 rings (SSSR count). The van der Waals surface area contributed by atoms with Crippen LogP contribution in [0.5, 0.6) is 0 Å². The van der Waals surface area contributed by atoms with E-state index in [1.807, 2.05) is 37.3 Å². The minimum atomic E-state index is 0.849. The van der Waals surface area contributed by atoms with Gasteiger partial charge in [-0.25, -0.2) is 5.48 Å². The molecule has 1 aromatic rings. The second kappa shape index (κ2) is 5.73. The molecule has 0 bridgehead atoms.